The van der Waals surface area contributed by atoms with E-state index >= 15 is 0 Å². The van der Waals surface area contributed by atoms with E-state index in [-0.39, 0.29) is 23.6 Å². The van der Waals surface area contributed by atoms with Crippen LogP contribution in [0.5, 0.6) is 0 Å². The highest BCUT2D eigenvalue weighted by atomic mass is 19.3. The lowest BCUT2D eigenvalue weighted by Crippen LogP contribution is -2.45. The van der Waals surface area contributed by atoms with Gasteiger partial charge in [0.15, 0.2) is 5.82 Å². The molecule has 0 saturated carbocycles. The maximum absolute atomic E-state index is 14.6. The quantitative estimate of drug-likeness (QED) is 0.289. The summed E-state index contributed by atoms with van der Waals surface area (Å²) in [6.07, 6.45) is 6.87. The molecule has 4 aliphatic rings. The number of hydrogen-bond donors (Lipinski definition) is 0. The lowest BCUT2D eigenvalue weighted by Gasteiger charge is -2.38. The van der Waals surface area contributed by atoms with Gasteiger partial charge in [0.25, 0.3) is 6.43 Å². The average molecular weight is 707 g/mol. The van der Waals surface area contributed by atoms with Crippen molar-refractivity contribution in [3.63, 3.8) is 0 Å². The number of carbonyl (C=O) groups excluding carboxylic acids is 2. The molecule has 1 aromatic carbocycles. The molecule has 51 heavy (non-hydrogen) atoms. The summed E-state index contributed by atoms with van der Waals surface area (Å²) in [6, 6.07) is 3.81. The molecule has 2 saturated heterocycles. The molecule has 2 amide bonds. The Balaban J connectivity index is 1.09. The van der Waals surface area contributed by atoms with E-state index in [9.17, 15) is 18.4 Å². The Bertz CT molecular complexity index is 1750. The molecule has 0 bridgehead atoms. The molecule has 2 fully saturated rings. The summed E-state index contributed by atoms with van der Waals surface area (Å²) in [7, 11) is 1.79. The highest BCUT2D eigenvalue weighted by Gasteiger charge is 2.35. The zero-order chi connectivity index (χ0) is 36.0. The van der Waals surface area contributed by atoms with Crippen LogP contribution in [0.1, 0.15) is 94.7 Å². The monoisotopic (exact) mass is 706 g/mol. The minimum absolute atomic E-state index is 0.00445. The molecule has 276 valence electrons. The Hall–Kier alpha value is -4.00. The summed E-state index contributed by atoms with van der Waals surface area (Å²) in [5.74, 6) is 1.38. The van der Waals surface area contributed by atoms with Crippen LogP contribution in [-0.4, -0.2) is 97.7 Å². The molecule has 0 spiro atoms. The van der Waals surface area contributed by atoms with Crippen molar-refractivity contribution in [3.05, 3.63) is 46.9 Å². The fraction of sp³-hybridized carbons (Fsp3) is 0.632. The molecule has 4 aliphatic heterocycles. The van der Waals surface area contributed by atoms with Crippen LogP contribution in [0.2, 0.25) is 0 Å². The highest BCUT2D eigenvalue weighted by molar-refractivity contribution is 5.78. The molecule has 0 radical (unpaired) electrons. The summed E-state index contributed by atoms with van der Waals surface area (Å²) in [6.45, 7) is 13.6. The van der Waals surface area contributed by atoms with Gasteiger partial charge in [0.05, 0.1) is 18.8 Å². The van der Waals surface area contributed by atoms with Crippen LogP contribution >= 0.6 is 0 Å². The predicted molar refractivity (Wildman–Crippen MR) is 191 cm³/mol. The second-order valence-electron chi connectivity index (χ2n) is 15.9. The summed E-state index contributed by atoms with van der Waals surface area (Å²) in [4.78, 5) is 33.5. The molecule has 0 aliphatic carbocycles. The first kappa shape index (κ1) is 35.4. The minimum atomic E-state index is -2.64. The largest absolute Gasteiger partial charge is 0.444 e. The maximum Gasteiger partial charge on any atom is 0.410 e. The molecule has 3 aromatic rings. The van der Waals surface area contributed by atoms with Gasteiger partial charge in [-0.2, -0.15) is 10.2 Å². The Kier molecular flexibility index (Phi) is 9.86. The number of piperidine rings is 2. The molecule has 0 unspecified atom stereocenters. The smallest absolute Gasteiger partial charge is 0.410 e. The third kappa shape index (κ3) is 7.50. The molecule has 11 nitrogen and oxygen atoms in total. The number of amides is 2. The first-order valence-electron chi connectivity index (χ1n) is 18.6. The predicted octanol–water partition coefficient (Wildman–Crippen LogP) is 6.49. The number of halogens is 2. The van der Waals surface area contributed by atoms with Gasteiger partial charge in [-0.3, -0.25) is 14.2 Å². The van der Waals surface area contributed by atoms with Crippen LogP contribution in [0, 0.1) is 5.92 Å². The summed E-state index contributed by atoms with van der Waals surface area (Å²) >= 11 is 0. The van der Waals surface area contributed by atoms with E-state index in [1.54, 1.807) is 37.1 Å². The number of hydrogen-bond acceptors (Lipinski definition) is 7. The number of carbonyl (C=O) groups is 2. The lowest BCUT2D eigenvalue weighted by atomic mass is 9.92. The first-order chi connectivity index (χ1) is 24.3. The van der Waals surface area contributed by atoms with E-state index in [0.717, 1.165) is 100 Å². The normalized spacial score (nSPS) is 19.4. The number of likely N-dealkylation sites (tertiary alicyclic amines) is 2. The van der Waals surface area contributed by atoms with Gasteiger partial charge in [0.1, 0.15) is 5.60 Å². The molecule has 2 aromatic heterocycles. The van der Waals surface area contributed by atoms with Crippen LogP contribution in [-0.2, 0) is 36.0 Å². The van der Waals surface area contributed by atoms with Crippen LogP contribution in [0.4, 0.5) is 25.1 Å². The Morgan fingerprint density at radius 2 is 1.73 bits per heavy atom. The standard InChI is InChI=1S/C38H52F2N8O3/c1-25(49)46-18-12-33-32(24-46)36(47-13-6-7-27-19-30(28-21-41-43(5)23-28)31(35(39)40)20-34(27)47)42-48(33)29-10-14-44(15-11-29)22-26-8-16-45(17-9-26)37(50)51-38(2,3)4/h19-21,23,26,29,35H,6-18,22,24H2,1-5H3. The second-order valence-corrected chi connectivity index (χ2v) is 15.9. The van der Waals surface area contributed by atoms with Crippen LogP contribution in [0.25, 0.3) is 11.1 Å². The van der Waals surface area contributed by atoms with Crippen molar-refractivity contribution < 1.29 is 23.1 Å². The van der Waals surface area contributed by atoms with E-state index < -0.39 is 12.0 Å². The number of aryl methyl sites for hydroxylation is 2. The van der Waals surface area contributed by atoms with Crippen molar-refractivity contribution in [3.8, 4) is 11.1 Å². The fourth-order valence-corrected chi connectivity index (χ4v) is 8.41. The number of alkyl halides is 2. The molecule has 6 heterocycles. The van der Waals surface area contributed by atoms with E-state index in [1.807, 2.05) is 36.6 Å². The van der Waals surface area contributed by atoms with Crippen LogP contribution in [0.3, 0.4) is 0 Å². The van der Waals surface area contributed by atoms with Gasteiger partial charge in [-0.25, -0.2) is 13.6 Å². The van der Waals surface area contributed by atoms with Gasteiger partial charge in [-0.05, 0) is 88.5 Å². The molecule has 0 N–H and O–H groups in total. The zero-order valence-electron chi connectivity index (χ0n) is 30.7. The van der Waals surface area contributed by atoms with Gasteiger partial charge in [0.2, 0.25) is 5.91 Å². The van der Waals surface area contributed by atoms with Gasteiger partial charge in [-0.15, -0.1) is 0 Å². The van der Waals surface area contributed by atoms with Crippen molar-refractivity contribution in [1.29, 1.82) is 0 Å². The third-order valence-corrected chi connectivity index (χ3v) is 11.1. The number of ether oxygens (including phenoxy) is 1. The lowest BCUT2D eigenvalue weighted by molar-refractivity contribution is -0.129. The molecular weight excluding hydrogens is 654 g/mol. The molecular formula is C38H52F2N8O3. The van der Waals surface area contributed by atoms with Gasteiger partial charge in [0, 0.05) is 100 Å². The van der Waals surface area contributed by atoms with Crippen molar-refractivity contribution >= 4 is 23.5 Å². The summed E-state index contributed by atoms with van der Waals surface area (Å²) in [5.41, 5.74) is 4.73. The van der Waals surface area contributed by atoms with Gasteiger partial charge >= 0.3 is 6.09 Å². The van der Waals surface area contributed by atoms with Crippen molar-refractivity contribution in [2.75, 3.05) is 50.7 Å². The summed E-state index contributed by atoms with van der Waals surface area (Å²) < 4.78 is 38.7. The molecule has 0 atom stereocenters. The van der Waals surface area contributed by atoms with E-state index in [0.29, 0.717) is 36.7 Å². The van der Waals surface area contributed by atoms with E-state index in [1.165, 1.54) is 5.69 Å². The Morgan fingerprint density at radius 1 is 0.980 bits per heavy atom. The highest BCUT2D eigenvalue weighted by Crippen LogP contribution is 2.43. The maximum atomic E-state index is 14.6. The number of fused-ring (bicyclic) bond motifs is 2. The second kappa shape index (κ2) is 14.2. The minimum Gasteiger partial charge on any atom is -0.444 e. The Morgan fingerprint density at radius 3 is 2.37 bits per heavy atom. The first-order valence-corrected chi connectivity index (χ1v) is 18.6. The van der Waals surface area contributed by atoms with Gasteiger partial charge in [-0.1, -0.05) is 0 Å². The van der Waals surface area contributed by atoms with Crippen LogP contribution in [0.15, 0.2) is 24.5 Å². The SMILES string of the molecule is CC(=O)N1CCc2c(c(N3CCCc4cc(-c5cnn(C)c5)c(C(F)F)cc43)nn2C2CCN(CC3CCN(C(=O)OC(C)(C)C)CC3)CC2)C1. The summed E-state index contributed by atoms with van der Waals surface area (Å²) in [5, 5.41) is 9.55. The Labute approximate surface area is 299 Å². The van der Waals surface area contributed by atoms with E-state index in [4.69, 9.17) is 9.84 Å². The number of anilines is 2. The van der Waals surface area contributed by atoms with E-state index in [2.05, 4.69) is 19.6 Å². The number of benzene rings is 1. The van der Waals surface area contributed by atoms with Crippen molar-refractivity contribution in [2.24, 2.45) is 13.0 Å². The third-order valence-electron chi connectivity index (χ3n) is 11.1. The topological polar surface area (TPSA) is 92.0 Å². The molecule has 7 rings (SSSR count). The molecule has 13 heteroatoms. The van der Waals surface area contributed by atoms with Crippen molar-refractivity contribution in [2.45, 2.75) is 97.3 Å². The zero-order valence-corrected chi connectivity index (χ0v) is 30.7. The number of aromatic nitrogens is 4. The van der Waals surface area contributed by atoms with Crippen molar-refractivity contribution in [1.82, 2.24) is 34.3 Å². The fourth-order valence-electron chi connectivity index (χ4n) is 8.41. The van der Waals surface area contributed by atoms with Gasteiger partial charge < -0.3 is 24.3 Å². The average Bonchev–Trinajstić information content (AvgIpc) is 3.70. The number of rotatable bonds is 6. The van der Waals surface area contributed by atoms with Crippen LogP contribution < -0.4 is 4.90 Å². The number of nitrogens with zero attached hydrogens (tertiary/aromatic N) is 8.